The Labute approximate surface area is 185 Å². The van der Waals surface area contributed by atoms with Gasteiger partial charge in [0.15, 0.2) is 5.16 Å². The van der Waals surface area contributed by atoms with Gasteiger partial charge in [-0.3, -0.25) is 4.79 Å². The van der Waals surface area contributed by atoms with Crippen LogP contribution in [0.5, 0.6) is 0 Å². The lowest BCUT2D eigenvalue weighted by molar-refractivity contribution is 0.0955. The number of nitrogens with one attached hydrogen (secondary N) is 1. The number of ether oxygens (including phenoxy) is 1. The van der Waals surface area contributed by atoms with E-state index in [4.69, 9.17) is 4.74 Å². The summed E-state index contributed by atoms with van der Waals surface area (Å²) in [5.74, 6) is 0.515. The molecule has 0 bridgehead atoms. The summed E-state index contributed by atoms with van der Waals surface area (Å²) in [4.78, 5) is 14.6. The number of hydrazone groups is 1. The van der Waals surface area contributed by atoms with Gasteiger partial charge in [0.2, 0.25) is 0 Å². The van der Waals surface area contributed by atoms with Gasteiger partial charge in [0.05, 0.1) is 19.4 Å². The maximum atomic E-state index is 12.3. The molecule has 2 heterocycles. The lowest BCUT2D eigenvalue weighted by Crippen LogP contribution is -2.36. The molecule has 0 spiro atoms. The fraction of sp³-hybridized carbons (Fsp3) is 0.273. The smallest absolute Gasteiger partial charge is 0.271 e. The first-order chi connectivity index (χ1) is 15.2. The van der Waals surface area contributed by atoms with Crippen molar-refractivity contribution in [3.63, 3.8) is 0 Å². The molecule has 1 fully saturated rings. The highest BCUT2D eigenvalue weighted by molar-refractivity contribution is 7.98. The summed E-state index contributed by atoms with van der Waals surface area (Å²) in [7, 11) is 1.91. The first kappa shape index (κ1) is 21.1. The maximum absolute atomic E-state index is 12.3. The van der Waals surface area contributed by atoms with Crippen LogP contribution in [-0.4, -0.2) is 53.2 Å². The largest absolute Gasteiger partial charge is 0.378 e. The minimum Gasteiger partial charge on any atom is -0.378 e. The molecule has 0 aliphatic carbocycles. The number of thioether (sulfide) groups is 1. The number of amides is 1. The molecule has 8 nitrogen and oxygen atoms in total. The molecule has 0 saturated carbocycles. The summed E-state index contributed by atoms with van der Waals surface area (Å²) in [5.41, 5.74) is 6.34. The molecular formula is C22H24N6O2S. The Morgan fingerprint density at radius 1 is 1.16 bits per heavy atom. The van der Waals surface area contributed by atoms with Crippen molar-refractivity contribution < 1.29 is 9.53 Å². The number of aromatic nitrogens is 3. The SMILES string of the molecule is Cn1cnnc1SCc1ccc(C(=O)NN=Cc2ccc(N3CCOCC3)cc2)cc1. The molecule has 1 aromatic heterocycles. The number of nitrogens with zero attached hydrogens (tertiary/aromatic N) is 5. The van der Waals surface area contributed by atoms with E-state index in [-0.39, 0.29) is 5.91 Å². The number of aryl methyl sites for hydroxylation is 1. The van der Waals surface area contributed by atoms with Crippen molar-refractivity contribution in [3.8, 4) is 0 Å². The molecule has 1 aliphatic heterocycles. The highest BCUT2D eigenvalue weighted by Crippen LogP contribution is 2.20. The lowest BCUT2D eigenvalue weighted by atomic mass is 10.1. The summed E-state index contributed by atoms with van der Waals surface area (Å²) in [6.45, 7) is 3.33. The zero-order valence-electron chi connectivity index (χ0n) is 17.3. The molecular weight excluding hydrogens is 412 g/mol. The molecule has 3 aromatic rings. The minimum atomic E-state index is -0.242. The molecule has 160 valence electrons. The van der Waals surface area contributed by atoms with Crippen LogP contribution in [0.4, 0.5) is 5.69 Å². The van der Waals surface area contributed by atoms with Crippen LogP contribution in [0.1, 0.15) is 21.5 Å². The van der Waals surface area contributed by atoms with E-state index in [1.807, 2.05) is 35.9 Å². The topological polar surface area (TPSA) is 84.6 Å². The molecule has 1 saturated heterocycles. The van der Waals surface area contributed by atoms with Crippen molar-refractivity contribution in [2.45, 2.75) is 10.9 Å². The lowest BCUT2D eigenvalue weighted by Gasteiger charge is -2.28. The van der Waals surface area contributed by atoms with E-state index in [2.05, 4.69) is 37.8 Å². The molecule has 0 atom stereocenters. The zero-order chi connectivity index (χ0) is 21.5. The van der Waals surface area contributed by atoms with E-state index in [0.29, 0.717) is 5.56 Å². The van der Waals surface area contributed by atoms with E-state index in [9.17, 15) is 4.79 Å². The third-order valence-corrected chi connectivity index (χ3v) is 6.01. The quantitative estimate of drug-likeness (QED) is 0.348. The Hall–Kier alpha value is -3.17. The van der Waals surface area contributed by atoms with Crippen molar-refractivity contribution in [1.29, 1.82) is 0 Å². The molecule has 31 heavy (non-hydrogen) atoms. The Bertz CT molecular complexity index is 1030. The Morgan fingerprint density at radius 3 is 2.58 bits per heavy atom. The van der Waals surface area contributed by atoms with Gasteiger partial charge in [0.25, 0.3) is 5.91 Å². The van der Waals surface area contributed by atoms with Gasteiger partial charge >= 0.3 is 0 Å². The number of anilines is 1. The predicted molar refractivity (Wildman–Crippen MR) is 122 cm³/mol. The average molecular weight is 437 g/mol. The number of morpholine rings is 1. The van der Waals surface area contributed by atoms with Crippen LogP contribution in [0.2, 0.25) is 0 Å². The number of carbonyl (C=O) groups is 1. The third-order valence-electron chi connectivity index (χ3n) is 4.90. The Balaban J connectivity index is 1.27. The van der Waals surface area contributed by atoms with Crippen LogP contribution in [0.15, 0.2) is 65.1 Å². The summed E-state index contributed by atoms with van der Waals surface area (Å²) in [5, 5.41) is 12.9. The van der Waals surface area contributed by atoms with Crippen molar-refractivity contribution in [1.82, 2.24) is 20.2 Å². The van der Waals surface area contributed by atoms with Crippen LogP contribution >= 0.6 is 11.8 Å². The van der Waals surface area contributed by atoms with Gasteiger partial charge in [-0.1, -0.05) is 36.0 Å². The summed E-state index contributed by atoms with van der Waals surface area (Å²) >= 11 is 1.60. The van der Waals surface area contributed by atoms with Crippen molar-refractivity contribution in [2.75, 3.05) is 31.2 Å². The summed E-state index contributed by atoms with van der Waals surface area (Å²) in [6.07, 6.45) is 3.32. The van der Waals surface area contributed by atoms with Crippen molar-refractivity contribution in [3.05, 3.63) is 71.5 Å². The third kappa shape index (κ3) is 5.71. The van der Waals surface area contributed by atoms with Gasteiger partial charge in [0, 0.05) is 37.1 Å². The van der Waals surface area contributed by atoms with E-state index in [1.165, 1.54) is 5.69 Å². The van der Waals surface area contributed by atoms with Gasteiger partial charge in [-0.15, -0.1) is 10.2 Å². The first-order valence-electron chi connectivity index (χ1n) is 10.0. The van der Waals surface area contributed by atoms with Crippen LogP contribution in [0, 0.1) is 0 Å². The summed E-state index contributed by atoms with van der Waals surface area (Å²) < 4.78 is 7.26. The number of hydrogen-bond acceptors (Lipinski definition) is 7. The Kier molecular flexibility index (Phi) is 6.96. The molecule has 1 amide bonds. The molecule has 4 rings (SSSR count). The fourth-order valence-electron chi connectivity index (χ4n) is 3.13. The number of carbonyl (C=O) groups excluding carboxylic acids is 1. The maximum Gasteiger partial charge on any atom is 0.271 e. The second-order valence-corrected chi connectivity index (χ2v) is 8.04. The molecule has 2 aromatic carbocycles. The summed E-state index contributed by atoms with van der Waals surface area (Å²) in [6, 6.07) is 15.6. The van der Waals surface area contributed by atoms with E-state index in [0.717, 1.165) is 48.3 Å². The minimum absolute atomic E-state index is 0.242. The predicted octanol–water partition coefficient (Wildman–Crippen LogP) is 2.71. The van der Waals surface area contributed by atoms with Gasteiger partial charge in [-0.25, -0.2) is 5.43 Å². The van der Waals surface area contributed by atoms with E-state index in [1.54, 1.807) is 36.4 Å². The highest BCUT2D eigenvalue weighted by Gasteiger charge is 2.10. The number of hydrogen-bond donors (Lipinski definition) is 1. The second-order valence-electron chi connectivity index (χ2n) is 7.10. The zero-order valence-corrected chi connectivity index (χ0v) is 18.1. The first-order valence-corrected chi connectivity index (χ1v) is 11.0. The van der Waals surface area contributed by atoms with Gasteiger partial charge < -0.3 is 14.2 Å². The average Bonchev–Trinajstić information content (AvgIpc) is 3.23. The number of benzene rings is 2. The molecule has 1 aliphatic rings. The van der Waals surface area contributed by atoms with Crippen LogP contribution in [0.25, 0.3) is 0 Å². The standard InChI is InChI=1S/C22H24N6O2S/c1-27-16-24-26-22(27)31-15-18-2-6-19(7-3-18)21(29)25-23-14-17-4-8-20(9-5-17)28-10-12-30-13-11-28/h2-9,14,16H,10-13,15H2,1H3,(H,25,29). The molecule has 1 N–H and O–H groups in total. The van der Waals surface area contributed by atoms with Crippen molar-refractivity contribution in [2.24, 2.45) is 12.1 Å². The number of rotatable bonds is 7. The second kappa shape index (κ2) is 10.2. The molecule has 9 heteroatoms. The van der Waals surface area contributed by atoms with E-state index >= 15 is 0 Å². The molecule has 0 radical (unpaired) electrons. The van der Waals surface area contributed by atoms with Gasteiger partial charge in [-0.05, 0) is 35.4 Å². The van der Waals surface area contributed by atoms with E-state index < -0.39 is 0 Å². The Morgan fingerprint density at radius 2 is 1.90 bits per heavy atom. The monoisotopic (exact) mass is 436 g/mol. The van der Waals surface area contributed by atoms with Crippen LogP contribution in [0.3, 0.4) is 0 Å². The van der Waals surface area contributed by atoms with Crippen LogP contribution < -0.4 is 10.3 Å². The highest BCUT2D eigenvalue weighted by atomic mass is 32.2. The van der Waals surface area contributed by atoms with Gasteiger partial charge in [0.1, 0.15) is 6.33 Å². The fourth-order valence-corrected chi connectivity index (χ4v) is 3.97. The van der Waals surface area contributed by atoms with Gasteiger partial charge in [-0.2, -0.15) is 5.10 Å². The van der Waals surface area contributed by atoms with Crippen molar-refractivity contribution >= 4 is 29.6 Å². The normalized spacial score (nSPS) is 14.2. The molecule has 0 unspecified atom stereocenters. The van der Waals surface area contributed by atoms with Crippen LogP contribution in [-0.2, 0) is 17.5 Å².